The summed E-state index contributed by atoms with van der Waals surface area (Å²) in [5.41, 5.74) is 6.47. The Kier molecular flexibility index (Phi) is 13.8. The van der Waals surface area contributed by atoms with Gasteiger partial charge in [-0.1, -0.05) is 71.9 Å². The summed E-state index contributed by atoms with van der Waals surface area (Å²) in [5.74, 6) is -6.91. The molecule has 0 radical (unpaired) electrons. The Balaban J connectivity index is 2.27. The number of nitrogens with one attached hydrogen (secondary N) is 3. The molecule has 1 saturated carbocycles. The van der Waals surface area contributed by atoms with Gasteiger partial charge in [-0.25, -0.2) is 0 Å². The Labute approximate surface area is 248 Å². The zero-order valence-corrected chi connectivity index (χ0v) is 25.5. The Morgan fingerprint density at radius 1 is 0.952 bits per heavy atom. The number of hydrogen-bond acceptors (Lipinski definition) is 6. The van der Waals surface area contributed by atoms with Crippen LogP contribution in [0.1, 0.15) is 78.2 Å². The lowest BCUT2D eigenvalue weighted by atomic mass is 9.83. The molecule has 2 rings (SSSR count). The monoisotopic (exact) mass is 594 g/mol. The normalized spacial score (nSPS) is 16.4. The van der Waals surface area contributed by atoms with E-state index >= 15 is 8.78 Å². The molecular formula is C31H48F2N4O5. The van der Waals surface area contributed by atoms with E-state index in [1.807, 2.05) is 13.8 Å². The third-order valence-electron chi connectivity index (χ3n) is 7.64. The van der Waals surface area contributed by atoms with Crippen molar-refractivity contribution in [1.82, 2.24) is 16.0 Å². The van der Waals surface area contributed by atoms with E-state index in [-0.39, 0.29) is 42.9 Å². The molecule has 0 aliphatic heterocycles. The molecule has 5 N–H and O–H groups in total. The van der Waals surface area contributed by atoms with Gasteiger partial charge in [-0.05, 0) is 41.9 Å². The van der Waals surface area contributed by atoms with Gasteiger partial charge < -0.3 is 26.4 Å². The number of methoxy groups -OCH3 is 1. The highest BCUT2D eigenvalue weighted by Gasteiger charge is 2.45. The van der Waals surface area contributed by atoms with Crippen LogP contribution in [0.4, 0.5) is 8.78 Å². The molecule has 0 spiro atoms. The molecular weight excluding hydrogens is 546 g/mol. The molecule has 11 heteroatoms. The first-order chi connectivity index (χ1) is 19.7. The van der Waals surface area contributed by atoms with E-state index < -0.39 is 48.2 Å². The zero-order chi connectivity index (χ0) is 31.4. The van der Waals surface area contributed by atoms with Crippen LogP contribution in [0, 0.1) is 17.8 Å². The van der Waals surface area contributed by atoms with Crippen LogP contribution in [0.3, 0.4) is 0 Å². The summed E-state index contributed by atoms with van der Waals surface area (Å²) in [6, 6.07) is 3.34. The molecule has 0 aromatic heterocycles. The number of rotatable bonds is 16. The second-order valence-electron chi connectivity index (χ2n) is 12.1. The van der Waals surface area contributed by atoms with Gasteiger partial charge in [-0.2, -0.15) is 8.78 Å². The van der Waals surface area contributed by atoms with Crippen LogP contribution in [0.15, 0.2) is 24.3 Å². The number of ketones is 1. The minimum Gasteiger partial charge on any atom is -0.497 e. The van der Waals surface area contributed by atoms with Gasteiger partial charge in [0.25, 0.3) is 0 Å². The molecule has 1 fully saturated rings. The van der Waals surface area contributed by atoms with Gasteiger partial charge in [-0.3, -0.25) is 19.2 Å². The molecule has 1 aromatic rings. The van der Waals surface area contributed by atoms with Crippen molar-refractivity contribution in [3.05, 3.63) is 29.8 Å². The number of Topliss-reactive ketones (excluding diaryl/α,β-unsaturated/α-hetero) is 1. The lowest BCUT2D eigenvalue weighted by Crippen LogP contribution is -2.57. The minimum absolute atomic E-state index is 0.0108. The number of carbonyl (C=O) groups excluding carboxylic acids is 4. The molecule has 42 heavy (non-hydrogen) atoms. The van der Waals surface area contributed by atoms with E-state index in [0.717, 1.165) is 32.1 Å². The maximum atomic E-state index is 15.2. The smallest absolute Gasteiger partial charge is 0.324 e. The molecule has 0 heterocycles. The summed E-state index contributed by atoms with van der Waals surface area (Å²) >= 11 is 0. The molecule has 0 bridgehead atoms. The second kappa shape index (κ2) is 16.5. The van der Waals surface area contributed by atoms with Crippen molar-refractivity contribution >= 4 is 23.5 Å². The number of nitrogens with two attached hydrogens (primary N) is 1. The summed E-state index contributed by atoms with van der Waals surface area (Å²) in [5, 5.41) is 7.37. The van der Waals surface area contributed by atoms with Crippen molar-refractivity contribution in [2.75, 3.05) is 13.7 Å². The zero-order valence-electron chi connectivity index (χ0n) is 25.5. The molecule has 9 nitrogen and oxygen atoms in total. The van der Waals surface area contributed by atoms with E-state index in [9.17, 15) is 19.2 Å². The average molecular weight is 595 g/mol. The first-order valence-electron chi connectivity index (χ1n) is 14.9. The molecule has 236 valence electrons. The van der Waals surface area contributed by atoms with Gasteiger partial charge in [0, 0.05) is 12.8 Å². The predicted molar refractivity (Wildman–Crippen MR) is 157 cm³/mol. The van der Waals surface area contributed by atoms with Crippen molar-refractivity contribution in [2.45, 2.75) is 103 Å². The summed E-state index contributed by atoms with van der Waals surface area (Å²) in [6.45, 7) is 5.89. The Morgan fingerprint density at radius 3 is 2.12 bits per heavy atom. The van der Waals surface area contributed by atoms with Crippen molar-refractivity contribution in [1.29, 1.82) is 0 Å². The van der Waals surface area contributed by atoms with E-state index in [1.54, 1.807) is 38.1 Å². The molecule has 3 amide bonds. The maximum Gasteiger partial charge on any atom is 0.324 e. The minimum atomic E-state index is -3.94. The quantitative estimate of drug-likeness (QED) is 0.231. The van der Waals surface area contributed by atoms with E-state index in [2.05, 4.69) is 16.0 Å². The lowest BCUT2D eigenvalue weighted by Gasteiger charge is -2.30. The Bertz CT molecular complexity index is 1040. The maximum absolute atomic E-state index is 15.2. The van der Waals surface area contributed by atoms with Crippen LogP contribution in [0.25, 0.3) is 0 Å². The highest BCUT2D eigenvalue weighted by atomic mass is 19.3. The fourth-order valence-electron chi connectivity index (χ4n) is 5.05. The van der Waals surface area contributed by atoms with Crippen molar-refractivity contribution in [3.63, 3.8) is 0 Å². The average Bonchev–Trinajstić information content (AvgIpc) is 2.94. The SMILES string of the molecule is COc1ccc(C[C@H](NC(=O)CC(C)C)C(=O)NC(CC2CCCCC2)C(=O)C(F)(F)CNC(=O)[C@@H](N)C(C)C)cc1. The van der Waals surface area contributed by atoms with Crippen LogP contribution in [-0.2, 0) is 25.6 Å². The van der Waals surface area contributed by atoms with Crippen LogP contribution >= 0.6 is 0 Å². The van der Waals surface area contributed by atoms with Crippen LogP contribution in [-0.4, -0.2) is 61.2 Å². The van der Waals surface area contributed by atoms with E-state index in [4.69, 9.17) is 10.5 Å². The summed E-state index contributed by atoms with van der Waals surface area (Å²) in [4.78, 5) is 51.7. The molecule has 1 aliphatic carbocycles. The number of halogens is 2. The summed E-state index contributed by atoms with van der Waals surface area (Å²) < 4.78 is 35.6. The Hall–Kier alpha value is -3.08. The predicted octanol–water partition coefficient (Wildman–Crippen LogP) is 3.53. The van der Waals surface area contributed by atoms with Crippen LogP contribution < -0.4 is 26.4 Å². The number of benzene rings is 1. The van der Waals surface area contributed by atoms with Crippen molar-refractivity contribution < 1.29 is 32.7 Å². The standard InChI is InChI=1S/C31H48F2N4O5/c1-19(2)15-26(38)36-25(17-22-11-13-23(42-5)14-12-22)29(40)37-24(16-21-9-7-6-8-10-21)28(39)31(32,33)18-35-30(41)27(34)20(3)4/h11-14,19-21,24-25,27H,6-10,15-18,34H2,1-5H3,(H,35,41)(H,36,38)(H,37,40)/t24?,25-,27-/m0/s1. The van der Waals surface area contributed by atoms with Gasteiger partial charge in [0.05, 0.1) is 25.7 Å². The Morgan fingerprint density at radius 2 is 1.57 bits per heavy atom. The first-order valence-corrected chi connectivity index (χ1v) is 14.9. The summed E-state index contributed by atoms with van der Waals surface area (Å²) in [6.07, 6.45) is 4.73. The second-order valence-corrected chi connectivity index (χ2v) is 12.1. The molecule has 3 atom stereocenters. The van der Waals surface area contributed by atoms with Gasteiger partial charge >= 0.3 is 5.92 Å². The van der Waals surface area contributed by atoms with Crippen molar-refractivity contribution in [3.8, 4) is 5.75 Å². The largest absolute Gasteiger partial charge is 0.497 e. The number of amides is 3. The lowest BCUT2D eigenvalue weighted by molar-refractivity contribution is -0.148. The molecule has 0 saturated heterocycles. The molecule has 1 aromatic carbocycles. The highest BCUT2D eigenvalue weighted by molar-refractivity contribution is 5.96. The fraction of sp³-hybridized carbons (Fsp3) is 0.677. The van der Waals surface area contributed by atoms with Gasteiger partial charge in [0.1, 0.15) is 11.8 Å². The first kappa shape index (κ1) is 35.1. The molecule has 1 aliphatic rings. The fourth-order valence-corrected chi connectivity index (χ4v) is 5.05. The van der Waals surface area contributed by atoms with Gasteiger partial charge in [0.15, 0.2) is 0 Å². The van der Waals surface area contributed by atoms with E-state index in [0.29, 0.717) is 11.3 Å². The van der Waals surface area contributed by atoms with Gasteiger partial charge in [-0.15, -0.1) is 0 Å². The van der Waals surface area contributed by atoms with Crippen molar-refractivity contribution in [2.24, 2.45) is 23.5 Å². The topological polar surface area (TPSA) is 140 Å². The number of carbonyl (C=O) groups is 4. The van der Waals surface area contributed by atoms with Crippen LogP contribution in [0.5, 0.6) is 5.75 Å². The number of hydrogen-bond donors (Lipinski definition) is 4. The van der Waals surface area contributed by atoms with Gasteiger partial charge in [0.2, 0.25) is 23.5 Å². The summed E-state index contributed by atoms with van der Waals surface area (Å²) in [7, 11) is 1.53. The highest BCUT2D eigenvalue weighted by Crippen LogP contribution is 2.29. The van der Waals surface area contributed by atoms with E-state index in [1.165, 1.54) is 7.11 Å². The molecule has 1 unspecified atom stereocenters. The number of alkyl halides is 2. The third-order valence-corrected chi connectivity index (χ3v) is 7.64. The third kappa shape index (κ3) is 11.3. The number of ether oxygens (including phenoxy) is 1. The van der Waals surface area contributed by atoms with Crippen LogP contribution in [0.2, 0.25) is 0 Å².